The molecule has 1 aromatic carbocycles. The molecular formula is C16H23Cl3F3N5. The zero-order valence-corrected chi connectivity index (χ0v) is 17.2. The first-order chi connectivity index (χ1) is 11.6. The van der Waals surface area contributed by atoms with E-state index in [1.165, 1.54) is 6.07 Å². The summed E-state index contributed by atoms with van der Waals surface area (Å²) < 4.78 is 38.7. The minimum absolute atomic E-state index is 0. The molecule has 0 amide bonds. The van der Waals surface area contributed by atoms with E-state index in [1.807, 2.05) is 18.7 Å². The summed E-state index contributed by atoms with van der Waals surface area (Å²) in [4.78, 5) is 9.90. The minimum Gasteiger partial charge on any atom is -0.369 e. The highest BCUT2D eigenvalue weighted by Crippen LogP contribution is 2.36. The highest BCUT2D eigenvalue weighted by atomic mass is 35.5. The standard InChI is InChI=1S/C16H21ClF3N5.2ClH/c1-9-4-3-5-10(2)25(9)15(22)24-14(21)23-11-6-7-13(17)12(8-11)16(18,19)20;;/h6-10H,3-5H2,1-2H3,(H4,21,22,23,24);2*1H. The van der Waals surface area contributed by atoms with Gasteiger partial charge in [0.15, 0.2) is 5.96 Å². The lowest BCUT2D eigenvalue weighted by Crippen LogP contribution is -2.51. The van der Waals surface area contributed by atoms with Gasteiger partial charge in [-0.3, -0.25) is 0 Å². The molecule has 0 aromatic heterocycles. The molecule has 2 atom stereocenters. The monoisotopic (exact) mass is 447 g/mol. The molecule has 1 saturated heterocycles. The molecular weight excluding hydrogens is 426 g/mol. The molecule has 27 heavy (non-hydrogen) atoms. The highest BCUT2D eigenvalue weighted by Gasteiger charge is 2.33. The number of alkyl halides is 3. The molecule has 2 rings (SSSR count). The number of halogens is 6. The van der Waals surface area contributed by atoms with Crippen LogP contribution in [0.5, 0.6) is 0 Å². The summed E-state index contributed by atoms with van der Waals surface area (Å²) in [6.45, 7) is 4.08. The Morgan fingerprint density at radius 2 is 1.70 bits per heavy atom. The molecule has 1 aromatic rings. The number of piperidine rings is 1. The molecule has 0 radical (unpaired) electrons. The Balaban J connectivity index is 0.00000338. The van der Waals surface area contributed by atoms with Gasteiger partial charge in [-0.15, -0.1) is 24.8 Å². The summed E-state index contributed by atoms with van der Waals surface area (Å²) in [5.74, 6) is 0.00359. The van der Waals surface area contributed by atoms with Crippen LogP contribution in [0.3, 0.4) is 0 Å². The van der Waals surface area contributed by atoms with Crippen LogP contribution in [0.15, 0.2) is 28.2 Å². The van der Waals surface area contributed by atoms with Crippen LogP contribution in [0.1, 0.15) is 38.7 Å². The lowest BCUT2D eigenvalue weighted by atomic mass is 9.98. The number of hydrogen-bond donors (Lipinski definition) is 2. The number of nitrogens with two attached hydrogens (primary N) is 2. The fourth-order valence-electron chi connectivity index (χ4n) is 3.01. The molecule has 1 heterocycles. The minimum atomic E-state index is -4.57. The van der Waals surface area contributed by atoms with Gasteiger partial charge in [0.25, 0.3) is 0 Å². The van der Waals surface area contributed by atoms with Crippen LogP contribution >= 0.6 is 36.4 Å². The molecule has 5 nitrogen and oxygen atoms in total. The van der Waals surface area contributed by atoms with Gasteiger partial charge in [0.05, 0.1) is 16.3 Å². The quantitative estimate of drug-likeness (QED) is 0.481. The topological polar surface area (TPSA) is 80.0 Å². The number of hydrogen-bond acceptors (Lipinski definition) is 1. The summed E-state index contributed by atoms with van der Waals surface area (Å²) in [7, 11) is 0. The summed E-state index contributed by atoms with van der Waals surface area (Å²) in [5.41, 5.74) is 10.8. The maximum atomic E-state index is 12.9. The Morgan fingerprint density at radius 3 is 2.22 bits per heavy atom. The fourth-order valence-corrected chi connectivity index (χ4v) is 3.23. The van der Waals surface area contributed by atoms with Crippen LogP contribution < -0.4 is 11.5 Å². The lowest BCUT2D eigenvalue weighted by molar-refractivity contribution is -0.137. The van der Waals surface area contributed by atoms with E-state index in [0.29, 0.717) is 0 Å². The number of likely N-dealkylation sites (tertiary alicyclic amines) is 1. The van der Waals surface area contributed by atoms with E-state index in [9.17, 15) is 13.2 Å². The maximum Gasteiger partial charge on any atom is 0.417 e. The van der Waals surface area contributed by atoms with Crippen molar-refractivity contribution in [2.75, 3.05) is 0 Å². The maximum absolute atomic E-state index is 12.9. The van der Waals surface area contributed by atoms with Crippen molar-refractivity contribution in [2.45, 2.75) is 51.4 Å². The first-order valence-electron chi connectivity index (χ1n) is 7.93. The van der Waals surface area contributed by atoms with Gasteiger partial charge in [-0.2, -0.15) is 18.2 Å². The summed E-state index contributed by atoms with van der Waals surface area (Å²) in [5, 5.41) is -0.399. The van der Waals surface area contributed by atoms with Crippen molar-refractivity contribution < 1.29 is 13.2 Å². The molecule has 2 unspecified atom stereocenters. The Labute approximate surface area is 173 Å². The van der Waals surface area contributed by atoms with Gasteiger partial charge in [-0.05, 0) is 51.3 Å². The first-order valence-corrected chi connectivity index (χ1v) is 8.30. The van der Waals surface area contributed by atoms with Gasteiger partial charge in [-0.25, -0.2) is 4.99 Å². The second-order valence-corrected chi connectivity index (χ2v) is 6.55. The molecule has 0 spiro atoms. The first kappa shape index (κ1) is 25.6. The molecule has 0 saturated carbocycles. The molecule has 1 aliphatic rings. The van der Waals surface area contributed by atoms with E-state index in [1.54, 1.807) is 0 Å². The molecule has 0 aliphatic carbocycles. The molecule has 1 aliphatic heterocycles. The van der Waals surface area contributed by atoms with Gasteiger partial charge in [0, 0.05) is 12.1 Å². The number of nitrogens with zero attached hydrogens (tertiary/aromatic N) is 3. The van der Waals surface area contributed by atoms with Crippen LogP contribution in [-0.2, 0) is 6.18 Å². The molecule has 11 heteroatoms. The van der Waals surface area contributed by atoms with Crippen molar-refractivity contribution in [3.8, 4) is 0 Å². The fraction of sp³-hybridized carbons (Fsp3) is 0.500. The predicted molar refractivity (Wildman–Crippen MR) is 108 cm³/mol. The van der Waals surface area contributed by atoms with E-state index < -0.39 is 16.8 Å². The summed E-state index contributed by atoms with van der Waals surface area (Å²) in [6, 6.07) is 3.72. The Morgan fingerprint density at radius 1 is 1.15 bits per heavy atom. The molecule has 1 fully saturated rings. The van der Waals surface area contributed by atoms with Crippen molar-refractivity contribution in [1.82, 2.24) is 4.90 Å². The predicted octanol–water partition coefficient (Wildman–Crippen LogP) is 4.73. The van der Waals surface area contributed by atoms with E-state index in [4.69, 9.17) is 23.1 Å². The van der Waals surface area contributed by atoms with Crippen LogP contribution in [0.4, 0.5) is 18.9 Å². The van der Waals surface area contributed by atoms with Gasteiger partial charge in [-0.1, -0.05) is 11.6 Å². The number of benzene rings is 1. The largest absolute Gasteiger partial charge is 0.417 e. The smallest absolute Gasteiger partial charge is 0.369 e. The van der Waals surface area contributed by atoms with Crippen molar-refractivity contribution >= 4 is 54.0 Å². The van der Waals surface area contributed by atoms with E-state index in [0.717, 1.165) is 31.4 Å². The van der Waals surface area contributed by atoms with E-state index >= 15 is 0 Å². The van der Waals surface area contributed by atoms with Crippen LogP contribution in [0, 0.1) is 0 Å². The van der Waals surface area contributed by atoms with Crippen LogP contribution in [-0.4, -0.2) is 28.9 Å². The zero-order valence-electron chi connectivity index (χ0n) is 14.8. The Hall–Kier alpha value is -1.38. The number of aliphatic imine (C=N–C) groups is 2. The van der Waals surface area contributed by atoms with Crippen LogP contribution in [0.25, 0.3) is 0 Å². The third-order valence-electron chi connectivity index (χ3n) is 4.19. The number of guanidine groups is 2. The molecule has 0 bridgehead atoms. The van der Waals surface area contributed by atoms with Crippen LogP contribution in [0.2, 0.25) is 5.02 Å². The third-order valence-corrected chi connectivity index (χ3v) is 4.52. The zero-order chi connectivity index (χ0) is 18.8. The number of rotatable bonds is 1. The SMILES string of the molecule is CC1CCCC(C)N1/C(N)=N/C(N)=Nc1ccc(Cl)c(C(F)(F)F)c1.Cl.Cl. The normalized spacial score (nSPS) is 21.3. The summed E-state index contributed by atoms with van der Waals surface area (Å²) in [6.07, 6.45) is -1.48. The average Bonchev–Trinajstić information content (AvgIpc) is 2.47. The third kappa shape index (κ3) is 6.62. The average molecular weight is 449 g/mol. The second-order valence-electron chi connectivity index (χ2n) is 6.14. The molecule has 154 valence electrons. The van der Waals surface area contributed by atoms with E-state index in [-0.39, 0.29) is 54.5 Å². The lowest BCUT2D eigenvalue weighted by Gasteiger charge is -2.39. The molecule has 4 N–H and O–H groups in total. The Kier molecular flexibility index (Phi) is 9.72. The second kappa shape index (κ2) is 10.2. The highest BCUT2D eigenvalue weighted by molar-refractivity contribution is 6.31. The van der Waals surface area contributed by atoms with Gasteiger partial charge in [0.2, 0.25) is 5.96 Å². The van der Waals surface area contributed by atoms with Gasteiger partial charge >= 0.3 is 6.18 Å². The Bertz CT molecular complexity index is 684. The van der Waals surface area contributed by atoms with E-state index in [2.05, 4.69) is 9.98 Å². The van der Waals surface area contributed by atoms with Crippen molar-refractivity contribution in [3.63, 3.8) is 0 Å². The van der Waals surface area contributed by atoms with Crippen molar-refractivity contribution in [1.29, 1.82) is 0 Å². The van der Waals surface area contributed by atoms with Crippen molar-refractivity contribution in [2.24, 2.45) is 21.5 Å². The van der Waals surface area contributed by atoms with Crippen molar-refractivity contribution in [3.05, 3.63) is 28.8 Å². The van der Waals surface area contributed by atoms with Gasteiger partial charge in [0.1, 0.15) is 0 Å². The van der Waals surface area contributed by atoms with Gasteiger partial charge < -0.3 is 16.4 Å². The summed E-state index contributed by atoms with van der Waals surface area (Å²) >= 11 is 5.58.